The van der Waals surface area contributed by atoms with Crippen LogP contribution in [-0.2, 0) is 18.3 Å². The molecule has 3 atom stereocenters. The van der Waals surface area contributed by atoms with E-state index >= 15 is 0 Å². The maximum absolute atomic E-state index is 13.1. The zero-order chi connectivity index (χ0) is 18.8. The van der Waals surface area contributed by atoms with Gasteiger partial charge in [0.05, 0.1) is 5.69 Å². The van der Waals surface area contributed by atoms with E-state index in [1.165, 1.54) is 11.1 Å². The Morgan fingerprint density at radius 3 is 2.39 bits per heavy atom. The van der Waals surface area contributed by atoms with E-state index in [2.05, 4.69) is 36.3 Å². The standard InChI is InChI=1S/C21H30N4O.2ClH/c1-14(10-19-15(2)23-24(4)16(19)3)21(26)25-12-18(11-22)20(13-25)17-8-6-5-7-9-17;;/h5-9,14,18,20H,10-13,22H2,1-4H3;2*1H/t14?,18-,20+;;/m1../s1. The maximum Gasteiger partial charge on any atom is 0.225 e. The summed E-state index contributed by atoms with van der Waals surface area (Å²) in [5.41, 5.74) is 10.7. The quantitative estimate of drug-likeness (QED) is 0.797. The molecule has 28 heavy (non-hydrogen) atoms. The number of rotatable bonds is 5. The topological polar surface area (TPSA) is 64.2 Å². The van der Waals surface area contributed by atoms with Crippen LogP contribution in [0.4, 0.5) is 0 Å². The van der Waals surface area contributed by atoms with Crippen LogP contribution in [0, 0.1) is 25.7 Å². The van der Waals surface area contributed by atoms with Gasteiger partial charge in [-0.3, -0.25) is 9.48 Å². The lowest BCUT2D eigenvalue weighted by Crippen LogP contribution is -2.35. The number of aryl methyl sites for hydroxylation is 2. The van der Waals surface area contributed by atoms with Gasteiger partial charge in [-0.1, -0.05) is 37.3 Å². The molecule has 1 saturated heterocycles. The summed E-state index contributed by atoms with van der Waals surface area (Å²) in [6.45, 7) is 8.24. The third-order valence-corrected chi connectivity index (χ3v) is 5.87. The summed E-state index contributed by atoms with van der Waals surface area (Å²) in [5.74, 6) is 0.837. The van der Waals surface area contributed by atoms with Crippen LogP contribution in [0.3, 0.4) is 0 Å². The van der Waals surface area contributed by atoms with E-state index in [0.717, 1.165) is 30.9 Å². The molecule has 5 nitrogen and oxygen atoms in total. The molecule has 2 aromatic rings. The molecule has 0 spiro atoms. The minimum Gasteiger partial charge on any atom is -0.341 e. The minimum absolute atomic E-state index is 0. The number of nitrogens with two attached hydrogens (primary N) is 1. The molecule has 1 aliphatic heterocycles. The number of likely N-dealkylation sites (tertiary alicyclic amines) is 1. The third kappa shape index (κ3) is 4.88. The highest BCUT2D eigenvalue weighted by atomic mass is 35.5. The van der Waals surface area contributed by atoms with Crippen molar-refractivity contribution in [2.24, 2.45) is 24.6 Å². The van der Waals surface area contributed by atoms with Gasteiger partial charge in [0.2, 0.25) is 5.91 Å². The Hall–Kier alpha value is -1.56. The molecule has 156 valence electrons. The van der Waals surface area contributed by atoms with Crippen molar-refractivity contribution in [1.82, 2.24) is 14.7 Å². The number of hydrogen-bond donors (Lipinski definition) is 1. The first kappa shape index (κ1) is 24.5. The molecular formula is C21H32Cl2N4O. The molecule has 0 bridgehead atoms. The molecule has 1 aliphatic rings. The molecule has 1 unspecified atom stereocenters. The molecule has 0 saturated carbocycles. The monoisotopic (exact) mass is 426 g/mol. The lowest BCUT2D eigenvalue weighted by molar-refractivity contribution is -0.134. The molecule has 1 aromatic heterocycles. The predicted octanol–water partition coefficient (Wildman–Crippen LogP) is 3.26. The third-order valence-electron chi connectivity index (χ3n) is 5.87. The number of halogens is 2. The van der Waals surface area contributed by atoms with Crippen molar-refractivity contribution in [2.75, 3.05) is 19.6 Å². The van der Waals surface area contributed by atoms with E-state index in [1.807, 2.05) is 36.5 Å². The van der Waals surface area contributed by atoms with Crippen LogP contribution in [0.25, 0.3) is 0 Å². The molecule has 1 amide bonds. The zero-order valence-electron chi connectivity index (χ0n) is 17.1. The van der Waals surface area contributed by atoms with Gasteiger partial charge < -0.3 is 10.6 Å². The molecule has 1 fully saturated rings. The van der Waals surface area contributed by atoms with Gasteiger partial charge in [0, 0.05) is 37.7 Å². The van der Waals surface area contributed by atoms with Gasteiger partial charge in [-0.05, 0) is 43.9 Å². The fraction of sp³-hybridized carbons (Fsp3) is 0.524. The second-order valence-corrected chi connectivity index (χ2v) is 7.63. The van der Waals surface area contributed by atoms with Gasteiger partial charge in [0.1, 0.15) is 0 Å². The molecular weight excluding hydrogens is 395 g/mol. The number of amides is 1. The van der Waals surface area contributed by atoms with Gasteiger partial charge in [-0.15, -0.1) is 24.8 Å². The molecule has 1 aromatic carbocycles. The Labute approximate surface area is 180 Å². The Bertz CT molecular complexity index is 778. The Kier molecular flexibility index (Phi) is 8.99. The Morgan fingerprint density at radius 2 is 1.86 bits per heavy atom. The molecule has 0 radical (unpaired) electrons. The highest BCUT2D eigenvalue weighted by molar-refractivity contribution is 5.85. The number of carbonyl (C=O) groups excluding carboxylic acids is 1. The van der Waals surface area contributed by atoms with Gasteiger partial charge in [-0.25, -0.2) is 0 Å². The minimum atomic E-state index is -0.0513. The van der Waals surface area contributed by atoms with Crippen LogP contribution in [0.2, 0.25) is 0 Å². The normalized spacial score (nSPS) is 19.7. The van der Waals surface area contributed by atoms with E-state index in [9.17, 15) is 4.79 Å². The van der Waals surface area contributed by atoms with E-state index in [1.54, 1.807) is 0 Å². The first-order valence-corrected chi connectivity index (χ1v) is 9.45. The number of carbonyl (C=O) groups is 1. The number of benzene rings is 1. The van der Waals surface area contributed by atoms with Crippen LogP contribution in [0.1, 0.15) is 35.4 Å². The van der Waals surface area contributed by atoms with Crippen LogP contribution in [0.15, 0.2) is 30.3 Å². The zero-order valence-corrected chi connectivity index (χ0v) is 18.7. The summed E-state index contributed by atoms with van der Waals surface area (Å²) in [4.78, 5) is 15.1. The average molecular weight is 427 g/mol. The van der Waals surface area contributed by atoms with Crippen LogP contribution >= 0.6 is 24.8 Å². The molecule has 3 rings (SSSR count). The first-order valence-electron chi connectivity index (χ1n) is 9.45. The summed E-state index contributed by atoms with van der Waals surface area (Å²) in [6, 6.07) is 10.4. The predicted molar refractivity (Wildman–Crippen MR) is 118 cm³/mol. The van der Waals surface area contributed by atoms with Crippen molar-refractivity contribution in [3.63, 3.8) is 0 Å². The summed E-state index contributed by atoms with van der Waals surface area (Å²) in [7, 11) is 1.95. The molecule has 7 heteroatoms. The number of nitrogens with zero attached hydrogens (tertiary/aromatic N) is 3. The second-order valence-electron chi connectivity index (χ2n) is 7.63. The highest BCUT2D eigenvalue weighted by Gasteiger charge is 2.36. The summed E-state index contributed by atoms with van der Waals surface area (Å²) in [5, 5.41) is 4.47. The molecule has 0 aliphatic carbocycles. The largest absolute Gasteiger partial charge is 0.341 e. The van der Waals surface area contributed by atoms with Crippen molar-refractivity contribution in [1.29, 1.82) is 0 Å². The maximum atomic E-state index is 13.1. The van der Waals surface area contributed by atoms with Crippen molar-refractivity contribution in [3.05, 3.63) is 52.8 Å². The van der Waals surface area contributed by atoms with Crippen LogP contribution in [0.5, 0.6) is 0 Å². The fourth-order valence-corrected chi connectivity index (χ4v) is 4.19. The smallest absolute Gasteiger partial charge is 0.225 e. The van der Waals surface area contributed by atoms with Crippen molar-refractivity contribution >= 4 is 30.7 Å². The first-order chi connectivity index (χ1) is 12.4. The van der Waals surface area contributed by atoms with Gasteiger partial charge in [0.25, 0.3) is 0 Å². The van der Waals surface area contributed by atoms with Crippen LogP contribution in [-0.4, -0.2) is 40.2 Å². The fourth-order valence-electron chi connectivity index (χ4n) is 4.19. The van der Waals surface area contributed by atoms with E-state index in [4.69, 9.17) is 5.73 Å². The average Bonchev–Trinajstić information content (AvgIpc) is 3.18. The lowest BCUT2D eigenvalue weighted by atomic mass is 9.89. The van der Waals surface area contributed by atoms with Crippen molar-refractivity contribution in [3.8, 4) is 0 Å². The highest BCUT2D eigenvalue weighted by Crippen LogP contribution is 2.33. The molecule has 2 N–H and O–H groups in total. The Balaban J connectivity index is 0.00000196. The van der Waals surface area contributed by atoms with Crippen LogP contribution < -0.4 is 5.73 Å². The van der Waals surface area contributed by atoms with Gasteiger partial charge in [0.15, 0.2) is 0 Å². The van der Waals surface area contributed by atoms with Crippen molar-refractivity contribution < 1.29 is 4.79 Å². The SMILES string of the molecule is Cc1nn(C)c(C)c1CC(C)C(=O)N1C[C@@H](CN)[C@H](c2ccccc2)C1.Cl.Cl. The van der Waals surface area contributed by atoms with Gasteiger partial charge in [-0.2, -0.15) is 5.10 Å². The van der Waals surface area contributed by atoms with E-state index in [0.29, 0.717) is 18.4 Å². The number of hydrogen-bond acceptors (Lipinski definition) is 3. The van der Waals surface area contributed by atoms with Gasteiger partial charge >= 0.3 is 0 Å². The summed E-state index contributed by atoms with van der Waals surface area (Å²) >= 11 is 0. The van der Waals surface area contributed by atoms with E-state index in [-0.39, 0.29) is 36.6 Å². The number of aromatic nitrogens is 2. The second kappa shape index (κ2) is 10.3. The van der Waals surface area contributed by atoms with Crippen molar-refractivity contribution in [2.45, 2.75) is 33.1 Å². The summed E-state index contributed by atoms with van der Waals surface area (Å²) < 4.78 is 1.90. The Morgan fingerprint density at radius 1 is 1.21 bits per heavy atom. The van der Waals surface area contributed by atoms with E-state index < -0.39 is 0 Å². The lowest BCUT2D eigenvalue weighted by Gasteiger charge is -2.21. The molecule has 2 heterocycles. The summed E-state index contributed by atoms with van der Waals surface area (Å²) in [6.07, 6.45) is 0.740.